The van der Waals surface area contributed by atoms with E-state index in [0.29, 0.717) is 5.88 Å². The Morgan fingerprint density at radius 2 is 2.86 bits per heavy atom. The van der Waals surface area contributed by atoms with Crippen LogP contribution in [0, 0.1) is 5.51 Å². The zero-order valence-electron chi connectivity index (χ0n) is 3.84. The lowest BCUT2D eigenvalue weighted by Crippen LogP contribution is -1.78. The quantitative estimate of drug-likeness (QED) is 0.542. The number of hydrogen-bond donors (Lipinski definition) is 0. The first-order chi connectivity index (χ1) is 3.43. The van der Waals surface area contributed by atoms with Crippen LogP contribution in [0.2, 0.25) is 0 Å². The van der Waals surface area contributed by atoms with E-state index in [9.17, 15) is 0 Å². The maximum atomic E-state index is 4.72. The monoisotopic (exact) mass is 114 g/mol. The van der Waals surface area contributed by atoms with Crippen molar-refractivity contribution in [2.24, 2.45) is 0 Å². The van der Waals surface area contributed by atoms with Crippen LogP contribution in [-0.4, -0.2) is 12.1 Å². The lowest BCUT2D eigenvalue weighted by molar-refractivity contribution is 0.400. The third-order valence-electron chi connectivity index (χ3n) is 0.577. The van der Waals surface area contributed by atoms with Gasteiger partial charge >= 0.3 is 0 Å². The average Bonchev–Trinajstić information content (AvgIpc) is 2.14. The Bertz CT molecular complexity index is 126. The Hall–Kier alpha value is -0.570. The summed E-state index contributed by atoms with van der Waals surface area (Å²) in [6, 6.07) is 0. The molecule has 0 aliphatic heterocycles. The van der Waals surface area contributed by atoms with E-state index in [1.165, 1.54) is 11.3 Å². The van der Waals surface area contributed by atoms with Crippen molar-refractivity contribution in [2.75, 3.05) is 7.11 Å². The first-order valence-corrected chi connectivity index (χ1v) is 2.67. The fourth-order valence-corrected chi connectivity index (χ4v) is 0.713. The smallest absolute Gasteiger partial charge is 0.224 e. The maximum Gasteiger partial charge on any atom is 0.224 e. The molecular formula is C4H4NOS. The Morgan fingerprint density at radius 3 is 3.14 bits per heavy atom. The summed E-state index contributed by atoms with van der Waals surface area (Å²) in [6.45, 7) is 0. The highest BCUT2D eigenvalue weighted by Crippen LogP contribution is 2.06. The van der Waals surface area contributed by atoms with Gasteiger partial charge < -0.3 is 4.74 Å². The number of rotatable bonds is 1. The van der Waals surface area contributed by atoms with E-state index >= 15 is 0 Å². The van der Waals surface area contributed by atoms with Crippen molar-refractivity contribution < 1.29 is 4.74 Å². The predicted octanol–water partition coefficient (Wildman–Crippen LogP) is 0.952. The van der Waals surface area contributed by atoms with Crippen LogP contribution in [0.5, 0.6) is 5.88 Å². The topological polar surface area (TPSA) is 22.1 Å². The molecular weight excluding hydrogens is 110 g/mol. The summed E-state index contributed by atoms with van der Waals surface area (Å²) in [6.07, 6.45) is 0. The van der Waals surface area contributed by atoms with Gasteiger partial charge in [-0.1, -0.05) is 0 Å². The molecule has 3 heteroatoms. The molecule has 1 aromatic rings. The molecule has 1 radical (unpaired) electrons. The molecule has 0 atom stereocenters. The molecule has 1 rings (SSSR count). The zero-order chi connectivity index (χ0) is 5.11. The molecule has 0 spiro atoms. The van der Waals surface area contributed by atoms with Gasteiger partial charge in [-0.05, 0) is 0 Å². The molecule has 0 amide bonds. The number of ether oxygens (including phenoxy) is 1. The Balaban J connectivity index is 2.76. The number of thiazole rings is 1. The lowest BCUT2D eigenvalue weighted by atomic mass is 10.9. The normalized spacial score (nSPS) is 8.71. The minimum atomic E-state index is 0.644. The third kappa shape index (κ3) is 0.899. The highest BCUT2D eigenvalue weighted by Gasteiger charge is 1.85. The van der Waals surface area contributed by atoms with Crippen LogP contribution in [-0.2, 0) is 0 Å². The highest BCUT2D eigenvalue weighted by atomic mass is 32.1. The summed E-state index contributed by atoms with van der Waals surface area (Å²) in [4.78, 5) is 3.71. The number of hydrogen-bond acceptors (Lipinski definition) is 3. The molecule has 0 aromatic carbocycles. The van der Waals surface area contributed by atoms with Gasteiger partial charge in [-0.2, -0.15) is 4.98 Å². The van der Waals surface area contributed by atoms with Gasteiger partial charge in [0.1, 0.15) is 0 Å². The minimum absolute atomic E-state index is 0.644. The largest absolute Gasteiger partial charge is 0.480 e. The summed E-state index contributed by atoms with van der Waals surface area (Å²) in [5, 5.41) is 1.79. The number of aromatic nitrogens is 1. The molecule has 0 saturated heterocycles. The van der Waals surface area contributed by atoms with Crippen LogP contribution in [0.4, 0.5) is 0 Å². The van der Waals surface area contributed by atoms with E-state index in [4.69, 9.17) is 4.74 Å². The van der Waals surface area contributed by atoms with E-state index in [1.54, 1.807) is 12.5 Å². The second-order valence-electron chi connectivity index (χ2n) is 0.981. The molecule has 2 nitrogen and oxygen atoms in total. The van der Waals surface area contributed by atoms with Crippen molar-refractivity contribution in [2.45, 2.75) is 0 Å². The molecule has 7 heavy (non-hydrogen) atoms. The van der Waals surface area contributed by atoms with Crippen LogP contribution in [0.1, 0.15) is 0 Å². The summed E-state index contributed by atoms with van der Waals surface area (Å²) in [5.41, 5.74) is 2.65. The molecule has 37 valence electrons. The first-order valence-electron chi connectivity index (χ1n) is 1.79. The van der Waals surface area contributed by atoms with Gasteiger partial charge in [0.05, 0.1) is 12.5 Å². The summed E-state index contributed by atoms with van der Waals surface area (Å²) in [7, 11) is 1.59. The van der Waals surface area contributed by atoms with Gasteiger partial charge in [0.25, 0.3) is 0 Å². The fourth-order valence-electron chi connectivity index (χ4n) is 0.268. The van der Waals surface area contributed by atoms with Gasteiger partial charge in [0, 0.05) is 0 Å². The van der Waals surface area contributed by atoms with Gasteiger partial charge in [0.15, 0.2) is 5.51 Å². The predicted molar refractivity (Wildman–Crippen MR) is 27.5 cm³/mol. The van der Waals surface area contributed by atoms with E-state index in [-0.39, 0.29) is 0 Å². The standard InChI is InChI=1S/C4H4NOS/c1-6-4-2-7-3-5-4/h2H,1H3. The van der Waals surface area contributed by atoms with Crippen molar-refractivity contribution in [1.29, 1.82) is 0 Å². The van der Waals surface area contributed by atoms with Crippen molar-refractivity contribution in [1.82, 2.24) is 4.98 Å². The molecule has 0 aliphatic carbocycles. The SMILES string of the molecule is COc1cs[c]n1. The second-order valence-corrected chi connectivity index (χ2v) is 1.64. The highest BCUT2D eigenvalue weighted by molar-refractivity contribution is 7.07. The molecule has 0 aliphatic rings. The van der Waals surface area contributed by atoms with Gasteiger partial charge in [-0.25, -0.2) is 0 Å². The van der Waals surface area contributed by atoms with Crippen molar-refractivity contribution in [3.05, 3.63) is 10.9 Å². The lowest BCUT2D eigenvalue weighted by Gasteiger charge is -1.84. The van der Waals surface area contributed by atoms with E-state index in [1.807, 2.05) is 0 Å². The minimum Gasteiger partial charge on any atom is -0.480 e. The van der Waals surface area contributed by atoms with Crippen molar-refractivity contribution in [3.63, 3.8) is 0 Å². The second kappa shape index (κ2) is 1.93. The van der Waals surface area contributed by atoms with E-state index in [0.717, 1.165) is 0 Å². The van der Waals surface area contributed by atoms with Gasteiger partial charge in [0.2, 0.25) is 5.88 Å². The Labute approximate surface area is 45.8 Å². The molecule has 0 fully saturated rings. The van der Waals surface area contributed by atoms with E-state index in [2.05, 4.69) is 10.5 Å². The molecule has 0 bridgehead atoms. The van der Waals surface area contributed by atoms with Crippen LogP contribution in [0.25, 0.3) is 0 Å². The molecule has 1 aromatic heterocycles. The molecule has 0 unspecified atom stereocenters. The Morgan fingerprint density at radius 1 is 2.00 bits per heavy atom. The summed E-state index contributed by atoms with van der Waals surface area (Å²) in [5.74, 6) is 0.644. The van der Waals surface area contributed by atoms with Crippen LogP contribution in [0.3, 0.4) is 0 Å². The fraction of sp³-hybridized carbons (Fsp3) is 0.250. The average molecular weight is 114 g/mol. The van der Waals surface area contributed by atoms with Crippen LogP contribution >= 0.6 is 11.3 Å². The van der Waals surface area contributed by atoms with Crippen molar-refractivity contribution >= 4 is 11.3 Å². The zero-order valence-corrected chi connectivity index (χ0v) is 4.66. The number of methoxy groups -OCH3 is 1. The molecule has 1 heterocycles. The maximum absolute atomic E-state index is 4.72. The molecule has 0 N–H and O–H groups in total. The Kier molecular flexibility index (Phi) is 1.26. The van der Waals surface area contributed by atoms with Gasteiger partial charge in [-0.15, -0.1) is 11.3 Å². The number of nitrogens with zero attached hydrogens (tertiary/aromatic N) is 1. The first kappa shape index (κ1) is 4.59. The van der Waals surface area contributed by atoms with Crippen LogP contribution < -0.4 is 4.74 Å². The van der Waals surface area contributed by atoms with Crippen molar-refractivity contribution in [3.8, 4) is 5.88 Å². The molecule has 0 saturated carbocycles. The van der Waals surface area contributed by atoms with Gasteiger partial charge in [-0.3, -0.25) is 0 Å². The summed E-state index contributed by atoms with van der Waals surface area (Å²) >= 11 is 1.40. The third-order valence-corrected chi connectivity index (χ3v) is 1.09. The summed E-state index contributed by atoms with van der Waals surface area (Å²) < 4.78 is 4.72. The van der Waals surface area contributed by atoms with Crippen LogP contribution in [0.15, 0.2) is 5.38 Å². The van der Waals surface area contributed by atoms with E-state index < -0.39 is 0 Å².